The molecule has 2 aliphatic carbocycles. The molecule has 0 saturated carbocycles. The molecule has 0 unspecified atom stereocenters. The number of hydrogen-bond donors (Lipinski definition) is 2. The summed E-state index contributed by atoms with van der Waals surface area (Å²) in [6.45, 7) is 0. The standard InChI is InChI=1S/C26H17NO2/c27-16-10-12-20-19-11-9-15(25(28)29)13-23(19)26(24(20)14-16)21-7-3-1-5-17(21)18-6-2-4-8-22(18)26/h1-14H,27H2,(H,28,29). The zero-order chi connectivity index (χ0) is 19.8. The Morgan fingerprint density at radius 2 is 1.17 bits per heavy atom. The van der Waals surface area contributed by atoms with Crippen LogP contribution < -0.4 is 5.73 Å². The lowest BCUT2D eigenvalue weighted by Crippen LogP contribution is -2.26. The summed E-state index contributed by atoms with van der Waals surface area (Å²) in [4.78, 5) is 11.8. The van der Waals surface area contributed by atoms with Gasteiger partial charge >= 0.3 is 5.97 Å². The van der Waals surface area contributed by atoms with Gasteiger partial charge in [-0.05, 0) is 68.8 Å². The van der Waals surface area contributed by atoms with Crippen molar-refractivity contribution in [3.8, 4) is 22.3 Å². The van der Waals surface area contributed by atoms with Crippen LogP contribution in [-0.4, -0.2) is 11.1 Å². The molecule has 0 radical (unpaired) electrons. The summed E-state index contributed by atoms with van der Waals surface area (Å²) in [5.41, 5.74) is 15.7. The minimum Gasteiger partial charge on any atom is -0.478 e. The van der Waals surface area contributed by atoms with Crippen LogP contribution in [-0.2, 0) is 5.41 Å². The predicted molar refractivity (Wildman–Crippen MR) is 114 cm³/mol. The minimum absolute atomic E-state index is 0.297. The maximum Gasteiger partial charge on any atom is 0.335 e. The Morgan fingerprint density at radius 3 is 1.79 bits per heavy atom. The Balaban J connectivity index is 1.85. The Morgan fingerprint density at radius 1 is 0.655 bits per heavy atom. The van der Waals surface area contributed by atoms with Crippen LogP contribution in [0, 0.1) is 0 Å². The highest BCUT2D eigenvalue weighted by atomic mass is 16.4. The highest BCUT2D eigenvalue weighted by Crippen LogP contribution is 2.62. The van der Waals surface area contributed by atoms with E-state index in [9.17, 15) is 9.90 Å². The molecular weight excluding hydrogens is 358 g/mol. The van der Waals surface area contributed by atoms with E-state index in [-0.39, 0.29) is 0 Å². The number of carboxylic acids is 1. The second kappa shape index (κ2) is 5.36. The van der Waals surface area contributed by atoms with E-state index in [0.29, 0.717) is 11.3 Å². The molecule has 6 rings (SSSR count). The zero-order valence-corrected chi connectivity index (χ0v) is 15.5. The van der Waals surface area contributed by atoms with E-state index in [1.54, 1.807) is 6.07 Å². The number of hydrogen-bond acceptors (Lipinski definition) is 2. The molecular formula is C26H17NO2. The maximum absolute atomic E-state index is 11.8. The minimum atomic E-state index is -0.919. The number of rotatable bonds is 1. The van der Waals surface area contributed by atoms with Crippen LogP contribution in [0.15, 0.2) is 84.9 Å². The average Bonchev–Trinajstić information content (AvgIpc) is 3.20. The molecule has 2 aliphatic rings. The van der Waals surface area contributed by atoms with Crippen LogP contribution in [0.25, 0.3) is 22.3 Å². The van der Waals surface area contributed by atoms with E-state index < -0.39 is 11.4 Å². The molecule has 0 bridgehead atoms. The summed E-state index contributed by atoms with van der Waals surface area (Å²) < 4.78 is 0. The lowest BCUT2D eigenvalue weighted by atomic mass is 9.70. The Labute approximate surface area is 168 Å². The second-order valence-corrected chi connectivity index (χ2v) is 7.71. The van der Waals surface area contributed by atoms with Crippen molar-refractivity contribution in [2.75, 3.05) is 5.73 Å². The number of benzene rings is 4. The monoisotopic (exact) mass is 375 g/mol. The van der Waals surface area contributed by atoms with Crippen molar-refractivity contribution < 1.29 is 9.90 Å². The third kappa shape index (κ3) is 1.84. The lowest BCUT2D eigenvalue weighted by molar-refractivity contribution is 0.0696. The number of carbonyl (C=O) groups is 1. The first-order valence-electron chi connectivity index (χ1n) is 9.60. The number of nitrogens with two attached hydrogens (primary N) is 1. The van der Waals surface area contributed by atoms with E-state index in [1.165, 1.54) is 22.3 Å². The number of nitrogen functional groups attached to an aromatic ring is 1. The van der Waals surface area contributed by atoms with Gasteiger partial charge < -0.3 is 10.8 Å². The molecule has 0 heterocycles. The Kier molecular flexibility index (Phi) is 2.98. The number of aromatic carboxylic acids is 1. The van der Waals surface area contributed by atoms with E-state index in [4.69, 9.17) is 5.73 Å². The average molecular weight is 375 g/mol. The van der Waals surface area contributed by atoms with Gasteiger partial charge in [-0.1, -0.05) is 60.7 Å². The van der Waals surface area contributed by atoms with E-state index in [0.717, 1.165) is 22.3 Å². The van der Waals surface area contributed by atoms with Gasteiger partial charge in [-0.25, -0.2) is 4.79 Å². The van der Waals surface area contributed by atoms with Gasteiger partial charge in [0.15, 0.2) is 0 Å². The third-order valence-electron chi connectivity index (χ3n) is 6.36. The number of carboxylic acid groups (broad SMARTS) is 1. The Hall–Kier alpha value is -3.85. The van der Waals surface area contributed by atoms with Crippen LogP contribution in [0.4, 0.5) is 5.69 Å². The molecule has 29 heavy (non-hydrogen) atoms. The third-order valence-corrected chi connectivity index (χ3v) is 6.36. The highest BCUT2D eigenvalue weighted by Gasteiger charge is 2.51. The summed E-state index contributed by atoms with van der Waals surface area (Å²) in [6, 6.07) is 28.3. The Bertz CT molecular complexity index is 1310. The molecule has 138 valence electrons. The van der Waals surface area contributed by atoms with Crippen molar-refractivity contribution >= 4 is 11.7 Å². The van der Waals surface area contributed by atoms with Gasteiger partial charge in [0.1, 0.15) is 0 Å². The predicted octanol–water partition coefficient (Wildman–Crippen LogP) is 5.31. The molecule has 4 aromatic rings. The van der Waals surface area contributed by atoms with Crippen LogP contribution in [0.2, 0.25) is 0 Å². The fourth-order valence-corrected chi connectivity index (χ4v) is 5.29. The van der Waals surface area contributed by atoms with Crippen molar-refractivity contribution in [2.45, 2.75) is 5.41 Å². The van der Waals surface area contributed by atoms with Crippen LogP contribution >= 0.6 is 0 Å². The van der Waals surface area contributed by atoms with Gasteiger partial charge in [-0.2, -0.15) is 0 Å². The fourth-order valence-electron chi connectivity index (χ4n) is 5.29. The summed E-state index contributed by atoms with van der Waals surface area (Å²) in [5, 5.41) is 9.68. The number of anilines is 1. The molecule has 4 aromatic carbocycles. The van der Waals surface area contributed by atoms with Gasteiger partial charge in [0.05, 0.1) is 11.0 Å². The van der Waals surface area contributed by atoms with Crippen molar-refractivity contribution in [3.63, 3.8) is 0 Å². The first-order valence-corrected chi connectivity index (χ1v) is 9.60. The van der Waals surface area contributed by atoms with Gasteiger partial charge in [-0.3, -0.25) is 0 Å². The van der Waals surface area contributed by atoms with Crippen molar-refractivity contribution in [3.05, 3.63) is 113 Å². The first kappa shape index (κ1) is 16.1. The first-order chi connectivity index (χ1) is 14.1. The van der Waals surface area contributed by atoms with E-state index in [2.05, 4.69) is 60.7 Å². The molecule has 0 fully saturated rings. The second-order valence-electron chi connectivity index (χ2n) is 7.71. The van der Waals surface area contributed by atoms with Gasteiger partial charge in [0, 0.05) is 5.69 Å². The largest absolute Gasteiger partial charge is 0.478 e. The lowest BCUT2D eigenvalue weighted by Gasteiger charge is -2.30. The summed E-state index contributed by atoms with van der Waals surface area (Å²) in [5.74, 6) is -0.919. The molecule has 0 atom stereocenters. The van der Waals surface area contributed by atoms with Crippen LogP contribution in [0.1, 0.15) is 32.6 Å². The highest BCUT2D eigenvalue weighted by molar-refractivity contribution is 5.97. The normalized spacial score (nSPS) is 14.2. The van der Waals surface area contributed by atoms with Gasteiger partial charge in [0.2, 0.25) is 0 Å². The van der Waals surface area contributed by atoms with E-state index >= 15 is 0 Å². The fraction of sp³-hybridized carbons (Fsp3) is 0.0385. The van der Waals surface area contributed by atoms with E-state index in [1.807, 2.05) is 18.2 Å². The van der Waals surface area contributed by atoms with Crippen molar-refractivity contribution in [2.24, 2.45) is 0 Å². The van der Waals surface area contributed by atoms with Crippen molar-refractivity contribution in [1.82, 2.24) is 0 Å². The summed E-state index contributed by atoms with van der Waals surface area (Å²) >= 11 is 0. The summed E-state index contributed by atoms with van der Waals surface area (Å²) in [7, 11) is 0. The molecule has 3 nitrogen and oxygen atoms in total. The quantitative estimate of drug-likeness (QED) is 0.383. The molecule has 0 aliphatic heterocycles. The number of fused-ring (bicyclic) bond motifs is 10. The SMILES string of the molecule is Nc1ccc2c(c1)C1(c3ccccc3-c3ccccc31)c1cc(C(=O)O)ccc1-2. The topological polar surface area (TPSA) is 63.3 Å². The molecule has 3 N–H and O–H groups in total. The molecule has 0 aromatic heterocycles. The van der Waals surface area contributed by atoms with Gasteiger partial charge in [0.25, 0.3) is 0 Å². The molecule has 0 saturated heterocycles. The van der Waals surface area contributed by atoms with Crippen LogP contribution in [0.5, 0.6) is 0 Å². The van der Waals surface area contributed by atoms with Gasteiger partial charge in [-0.15, -0.1) is 0 Å². The maximum atomic E-state index is 11.8. The van der Waals surface area contributed by atoms with Crippen LogP contribution in [0.3, 0.4) is 0 Å². The smallest absolute Gasteiger partial charge is 0.335 e. The molecule has 1 spiro atoms. The molecule has 0 amide bonds. The summed E-state index contributed by atoms with van der Waals surface area (Å²) in [6.07, 6.45) is 0. The zero-order valence-electron chi connectivity index (χ0n) is 15.5. The van der Waals surface area contributed by atoms with Crippen molar-refractivity contribution in [1.29, 1.82) is 0 Å². The molecule has 3 heteroatoms.